The number of carbonyl (C=O) groups excluding carboxylic acids is 1. The van der Waals surface area contributed by atoms with E-state index in [2.05, 4.69) is 25.3 Å². The van der Waals surface area contributed by atoms with E-state index in [-0.39, 0.29) is 11.9 Å². The Morgan fingerprint density at radius 2 is 2.00 bits per heavy atom. The first-order chi connectivity index (χ1) is 16.3. The van der Waals surface area contributed by atoms with Crippen molar-refractivity contribution in [2.75, 3.05) is 23.4 Å². The average Bonchev–Trinajstić information content (AvgIpc) is 3.51. The van der Waals surface area contributed by atoms with Gasteiger partial charge in [0.15, 0.2) is 5.65 Å². The summed E-state index contributed by atoms with van der Waals surface area (Å²) in [7, 11) is 0. The fourth-order valence-electron chi connectivity index (χ4n) is 4.77. The molecule has 2 aliphatic rings. The number of nitrogens with one attached hydrogen (secondary N) is 1. The zero-order chi connectivity index (χ0) is 22.2. The number of anilines is 2. The first-order valence-corrected chi connectivity index (χ1v) is 11.4. The lowest BCUT2D eigenvalue weighted by Crippen LogP contribution is -2.47. The van der Waals surface area contributed by atoms with Gasteiger partial charge in [0.1, 0.15) is 23.9 Å². The predicted octanol–water partition coefficient (Wildman–Crippen LogP) is 3.75. The van der Waals surface area contributed by atoms with Crippen molar-refractivity contribution in [2.24, 2.45) is 0 Å². The van der Waals surface area contributed by atoms with Crippen LogP contribution in [0.5, 0.6) is 5.75 Å². The topological polar surface area (TPSA) is 85.2 Å². The summed E-state index contributed by atoms with van der Waals surface area (Å²) in [5.41, 5.74) is 3.61. The number of ether oxygens (including phenoxy) is 1. The number of fused-ring (bicyclic) bond motifs is 2. The van der Waals surface area contributed by atoms with Gasteiger partial charge < -0.3 is 15.0 Å². The number of aromatic nitrogens is 4. The molecule has 8 nitrogen and oxygen atoms in total. The van der Waals surface area contributed by atoms with Crippen molar-refractivity contribution in [1.82, 2.24) is 19.7 Å². The normalized spacial score (nSPS) is 17.6. The second-order valence-corrected chi connectivity index (χ2v) is 8.44. The molecule has 2 aromatic heterocycles. The van der Waals surface area contributed by atoms with Crippen molar-refractivity contribution in [3.63, 3.8) is 0 Å². The maximum Gasteiger partial charge on any atom is 0.247 e. The Bertz CT molecular complexity index is 1320. The molecule has 0 bridgehead atoms. The zero-order valence-electron chi connectivity index (χ0n) is 18.1. The quantitative estimate of drug-likeness (QED) is 0.520. The summed E-state index contributed by atoms with van der Waals surface area (Å²) in [5.74, 6) is 1.64. The molecule has 6 rings (SSSR count). The molecule has 1 atom stereocenters. The van der Waals surface area contributed by atoms with E-state index < -0.39 is 0 Å². The van der Waals surface area contributed by atoms with Crippen LogP contribution in [0.25, 0.3) is 16.7 Å². The predicted molar refractivity (Wildman–Crippen MR) is 126 cm³/mol. The van der Waals surface area contributed by atoms with Crippen molar-refractivity contribution in [1.29, 1.82) is 0 Å². The van der Waals surface area contributed by atoms with E-state index >= 15 is 0 Å². The first kappa shape index (κ1) is 19.7. The summed E-state index contributed by atoms with van der Waals surface area (Å²) in [6, 6.07) is 15.5. The number of rotatable bonds is 4. The molecule has 1 fully saturated rings. The van der Waals surface area contributed by atoms with Crippen LogP contribution in [0.3, 0.4) is 0 Å². The highest BCUT2D eigenvalue weighted by molar-refractivity contribution is 5.99. The highest BCUT2D eigenvalue weighted by Crippen LogP contribution is 2.31. The van der Waals surface area contributed by atoms with Crippen LogP contribution in [-0.2, 0) is 11.2 Å². The fraction of sp³-hybridized carbons (Fsp3) is 0.280. The van der Waals surface area contributed by atoms with Gasteiger partial charge in [0.2, 0.25) is 5.91 Å². The third-order valence-electron chi connectivity index (χ3n) is 6.38. The third kappa shape index (κ3) is 3.57. The standard InChI is InChI=1S/C25H24N6O2/c32-25(29-18-9-10-22-17(14-18)11-13-33-22)21-8-4-5-12-30(21)23-20-15-28-31(24(20)27-16-26-23)19-6-2-1-3-7-19/h1-3,6-7,9-10,14-16,21H,4-5,8,11-13H2,(H,29,32). The second-order valence-electron chi connectivity index (χ2n) is 8.44. The van der Waals surface area contributed by atoms with E-state index in [4.69, 9.17) is 4.74 Å². The van der Waals surface area contributed by atoms with E-state index in [1.54, 1.807) is 12.5 Å². The number of benzene rings is 2. The van der Waals surface area contributed by atoms with Gasteiger partial charge in [-0.3, -0.25) is 4.79 Å². The number of hydrogen-bond donors (Lipinski definition) is 1. The molecule has 4 heterocycles. The van der Waals surface area contributed by atoms with E-state index in [1.807, 2.05) is 53.2 Å². The fourth-order valence-corrected chi connectivity index (χ4v) is 4.77. The maximum atomic E-state index is 13.4. The Morgan fingerprint density at radius 3 is 2.91 bits per heavy atom. The molecule has 0 aliphatic carbocycles. The van der Waals surface area contributed by atoms with E-state index in [1.165, 1.54) is 0 Å². The Kier molecular flexibility index (Phi) is 4.90. The van der Waals surface area contributed by atoms with Crippen LogP contribution in [0.1, 0.15) is 24.8 Å². The SMILES string of the molecule is O=C(Nc1ccc2c(c1)CCO2)C1CCCCN1c1ncnc2c1cnn2-c1ccccc1. The number of piperidine rings is 1. The monoisotopic (exact) mass is 440 g/mol. The average molecular weight is 441 g/mol. The van der Waals surface area contributed by atoms with Gasteiger partial charge in [-0.2, -0.15) is 5.10 Å². The van der Waals surface area contributed by atoms with Crippen LogP contribution in [-0.4, -0.2) is 44.8 Å². The van der Waals surface area contributed by atoms with E-state index in [0.717, 1.165) is 71.8 Å². The third-order valence-corrected chi connectivity index (χ3v) is 6.38. The van der Waals surface area contributed by atoms with Gasteiger partial charge in [0.25, 0.3) is 0 Å². The molecule has 0 spiro atoms. The minimum absolute atomic E-state index is 0.0178. The molecule has 1 amide bonds. The Morgan fingerprint density at radius 1 is 1.09 bits per heavy atom. The van der Waals surface area contributed by atoms with Gasteiger partial charge in [-0.15, -0.1) is 0 Å². The Labute approximate surface area is 191 Å². The van der Waals surface area contributed by atoms with Gasteiger partial charge >= 0.3 is 0 Å². The Balaban J connectivity index is 1.31. The molecule has 166 valence electrons. The number of para-hydroxylation sites is 1. The van der Waals surface area contributed by atoms with Crippen molar-refractivity contribution in [2.45, 2.75) is 31.7 Å². The molecule has 2 aromatic carbocycles. The summed E-state index contributed by atoms with van der Waals surface area (Å²) in [4.78, 5) is 24.6. The molecule has 1 unspecified atom stereocenters. The summed E-state index contributed by atoms with van der Waals surface area (Å²) in [6.45, 7) is 1.46. The number of nitrogens with zero attached hydrogens (tertiary/aromatic N) is 5. The van der Waals surface area contributed by atoms with Crippen LogP contribution in [0.15, 0.2) is 61.1 Å². The van der Waals surface area contributed by atoms with Crippen molar-refractivity contribution >= 4 is 28.4 Å². The molecule has 4 aromatic rings. The lowest BCUT2D eigenvalue weighted by Gasteiger charge is -2.35. The van der Waals surface area contributed by atoms with Gasteiger partial charge in [-0.05, 0) is 55.2 Å². The van der Waals surface area contributed by atoms with Crippen LogP contribution < -0.4 is 15.0 Å². The zero-order valence-corrected chi connectivity index (χ0v) is 18.1. The van der Waals surface area contributed by atoms with Crippen LogP contribution in [0.4, 0.5) is 11.5 Å². The molecule has 0 radical (unpaired) electrons. The van der Waals surface area contributed by atoms with E-state index in [9.17, 15) is 4.79 Å². The van der Waals surface area contributed by atoms with Crippen molar-refractivity contribution in [3.05, 3.63) is 66.6 Å². The summed E-state index contributed by atoms with van der Waals surface area (Å²) in [5, 5.41) is 8.53. The summed E-state index contributed by atoms with van der Waals surface area (Å²) < 4.78 is 7.39. The van der Waals surface area contributed by atoms with E-state index in [0.29, 0.717) is 6.61 Å². The molecular formula is C25H24N6O2. The molecule has 1 saturated heterocycles. The second kappa shape index (κ2) is 8.20. The summed E-state index contributed by atoms with van der Waals surface area (Å²) in [6.07, 6.45) is 7.02. The first-order valence-electron chi connectivity index (χ1n) is 11.4. The van der Waals surface area contributed by atoms with Gasteiger partial charge in [0.05, 0.1) is 23.9 Å². The van der Waals surface area contributed by atoms with Gasteiger partial charge in [0, 0.05) is 18.7 Å². The van der Waals surface area contributed by atoms with Crippen LogP contribution >= 0.6 is 0 Å². The maximum absolute atomic E-state index is 13.4. The van der Waals surface area contributed by atoms with Gasteiger partial charge in [-0.25, -0.2) is 14.6 Å². The molecule has 33 heavy (non-hydrogen) atoms. The smallest absolute Gasteiger partial charge is 0.247 e. The van der Waals surface area contributed by atoms with Crippen molar-refractivity contribution < 1.29 is 9.53 Å². The number of hydrogen-bond acceptors (Lipinski definition) is 6. The molecule has 2 aliphatic heterocycles. The molecular weight excluding hydrogens is 416 g/mol. The number of carbonyl (C=O) groups is 1. The lowest BCUT2D eigenvalue weighted by atomic mass is 10.0. The highest BCUT2D eigenvalue weighted by atomic mass is 16.5. The van der Waals surface area contributed by atoms with Gasteiger partial charge in [-0.1, -0.05) is 18.2 Å². The highest BCUT2D eigenvalue weighted by Gasteiger charge is 2.31. The minimum atomic E-state index is -0.304. The molecule has 0 saturated carbocycles. The Hall–Kier alpha value is -3.94. The molecule has 8 heteroatoms. The van der Waals surface area contributed by atoms with Crippen molar-refractivity contribution in [3.8, 4) is 11.4 Å². The number of amides is 1. The largest absolute Gasteiger partial charge is 0.493 e. The molecule has 1 N–H and O–H groups in total. The van der Waals surface area contributed by atoms with Crippen LogP contribution in [0, 0.1) is 0 Å². The van der Waals surface area contributed by atoms with Crippen LogP contribution in [0.2, 0.25) is 0 Å². The minimum Gasteiger partial charge on any atom is -0.493 e. The lowest BCUT2D eigenvalue weighted by molar-refractivity contribution is -0.117. The summed E-state index contributed by atoms with van der Waals surface area (Å²) >= 11 is 0.